The van der Waals surface area contributed by atoms with Gasteiger partial charge in [0.2, 0.25) is 11.8 Å². The fraction of sp³-hybridized carbons (Fsp3) is 0.410. The van der Waals surface area contributed by atoms with Crippen LogP contribution in [0.3, 0.4) is 0 Å². The van der Waals surface area contributed by atoms with E-state index in [0.717, 1.165) is 49.1 Å². The van der Waals surface area contributed by atoms with Crippen molar-refractivity contribution in [1.82, 2.24) is 35.3 Å². The molecule has 4 aromatic rings. The molecule has 3 N–H and O–H groups in total. The highest BCUT2D eigenvalue weighted by Gasteiger charge is 2.56. The number of halogens is 3. The Morgan fingerprint density at radius 2 is 1.88 bits per heavy atom. The number of nitrogens with zero attached hydrogens (tertiary/aromatic N) is 8. The number of carbonyl (C=O) groups is 3. The van der Waals surface area contributed by atoms with E-state index < -0.39 is 41.6 Å². The van der Waals surface area contributed by atoms with Crippen LogP contribution in [0.4, 0.5) is 30.4 Å². The second-order valence-electron chi connectivity index (χ2n) is 15.2. The van der Waals surface area contributed by atoms with Crippen LogP contribution >= 0.6 is 0 Å². The zero-order valence-electron chi connectivity index (χ0n) is 30.9. The zero-order chi connectivity index (χ0) is 39.6. The minimum Gasteiger partial charge on any atom is -0.504 e. The van der Waals surface area contributed by atoms with E-state index in [1.807, 2.05) is 25.1 Å². The van der Waals surface area contributed by atoms with Crippen LogP contribution in [0.1, 0.15) is 46.4 Å². The van der Waals surface area contributed by atoms with Crippen molar-refractivity contribution in [2.75, 3.05) is 54.4 Å². The lowest BCUT2D eigenvalue weighted by Crippen LogP contribution is -2.57. The molecule has 0 bridgehead atoms. The Labute approximate surface area is 324 Å². The third-order valence-electron chi connectivity index (χ3n) is 11.8. The molecule has 5 aliphatic rings. The maximum absolute atomic E-state index is 14.9. The lowest BCUT2D eigenvalue weighted by atomic mass is 9.93. The number of rotatable bonds is 8. The predicted octanol–water partition coefficient (Wildman–Crippen LogP) is 3.26. The van der Waals surface area contributed by atoms with Gasteiger partial charge in [-0.15, -0.1) is 10.2 Å². The highest BCUT2D eigenvalue weighted by molar-refractivity contribution is 6.05. The number of phenols is 1. The largest absolute Gasteiger partial charge is 0.504 e. The number of imide groups is 1. The summed E-state index contributed by atoms with van der Waals surface area (Å²) in [7, 11) is 0. The number of hydrogen-bond acceptors (Lipinski definition) is 13. The number of aromatic nitrogens is 4. The molecule has 0 radical (unpaired) electrons. The number of anilines is 3. The fourth-order valence-electron chi connectivity index (χ4n) is 8.60. The molecule has 18 heteroatoms. The molecule has 15 nitrogen and oxygen atoms in total. The summed E-state index contributed by atoms with van der Waals surface area (Å²) in [6.07, 6.45) is -1.22. The van der Waals surface area contributed by atoms with Gasteiger partial charge in [-0.3, -0.25) is 24.6 Å². The van der Waals surface area contributed by atoms with Crippen LogP contribution < -0.4 is 25.2 Å². The lowest BCUT2D eigenvalue weighted by molar-refractivity contribution is -0.136. The van der Waals surface area contributed by atoms with Gasteiger partial charge in [-0.05, 0) is 49.2 Å². The molecule has 57 heavy (non-hydrogen) atoms. The first-order chi connectivity index (χ1) is 27.5. The van der Waals surface area contributed by atoms with Crippen molar-refractivity contribution in [3.05, 3.63) is 76.9 Å². The number of piperidine rings is 1. The van der Waals surface area contributed by atoms with Crippen LogP contribution in [-0.2, 0) is 22.7 Å². The normalized spacial score (nSPS) is 23.3. The number of hydrogen-bond donors (Lipinski definition) is 3. The summed E-state index contributed by atoms with van der Waals surface area (Å²) in [6, 6.07) is 10.8. The average Bonchev–Trinajstić information content (AvgIpc) is 3.75. The highest BCUT2D eigenvalue weighted by Crippen LogP contribution is 2.46. The van der Waals surface area contributed by atoms with Gasteiger partial charge >= 0.3 is 6.01 Å². The van der Waals surface area contributed by atoms with Crippen molar-refractivity contribution in [3.8, 4) is 23.0 Å². The first kappa shape index (κ1) is 36.6. The number of piperazine rings is 1. The second-order valence-corrected chi connectivity index (χ2v) is 15.2. The average molecular weight is 785 g/mol. The minimum absolute atomic E-state index is 0.0229. The molecule has 0 saturated carbocycles. The van der Waals surface area contributed by atoms with Crippen molar-refractivity contribution in [2.45, 2.75) is 63.4 Å². The Morgan fingerprint density at radius 3 is 2.65 bits per heavy atom. The molecule has 3 saturated heterocycles. The van der Waals surface area contributed by atoms with Crippen molar-refractivity contribution < 1.29 is 37.4 Å². The smallest absolute Gasteiger partial charge is 0.316 e. The van der Waals surface area contributed by atoms with E-state index >= 15 is 0 Å². The zero-order valence-corrected chi connectivity index (χ0v) is 30.9. The van der Waals surface area contributed by atoms with Gasteiger partial charge in [-0.25, -0.2) is 23.1 Å². The molecule has 3 fully saturated rings. The summed E-state index contributed by atoms with van der Waals surface area (Å²) in [5.74, 6) is -2.08. The molecule has 2 aromatic carbocycles. The van der Waals surface area contributed by atoms with Gasteiger partial charge in [0, 0.05) is 92.9 Å². The van der Waals surface area contributed by atoms with Gasteiger partial charge < -0.3 is 29.9 Å². The Balaban J connectivity index is 0.828. The lowest BCUT2D eigenvalue weighted by Gasteiger charge is -2.43. The van der Waals surface area contributed by atoms with Crippen LogP contribution in [0, 0.1) is 12.7 Å². The number of alkyl halides is 2. The molecular weight excluding hydrogens is 745 g/mol. The summed E-state index contributed by atoms with van der Waals surface area (Å²) in [4.78, 5) is 54.1. The molecule has 9 rings (SSSR count). The van der Waals surface area contributed by atoms with Gasteiger partial charge in [0.1, 0.15) is 17.7 Å². The second kappa shape index (κ2) is 14.2. The molecule has 0 aliphatic carbocycles. The summed E-state index contributed by atoms with van der Waals surface area (Å²) < 4.78 is 50.1. The number of benzene rings is 2. The van der Waals surface area contributed by atoms with Gasteiger partial charge in [0.25, 0.3) is 12.3 Å². The van der Waals surface area contributed by atoms with Crippen LogP contribution in [0.5, 0.6) is 11.8 Å². The molecule has 3 amide bonds. The minimum atomic E-state index is -2.75. The van der Waals surface area contributed by atoms with Gasteiger partial charge in [-0.1, -0.05) is 12.1 Å². The molecule has 0 spiro atoms. The summed E-state index contributed by atoms with van der Waals surface area (Å²) in [5, 5.41) is 23.9. The number of aryl methyl sites for hydroxylation is 1. The van der Waals surface area contributed by atoms with E-state index in [4.69, 9.17) is 4.74 Å². The molecule has 2 aromatic heterocycles. The number of aromatic hydroxyl groups is 1. The number of phenolic OH excluding ortho intramolecular Hbond substituents is 1. The molecule has 3 atom stereocenters. The number of ether oxygens (including phenoxy) is 1. The van der Waals surface area contributed by atoms with E-state index in [1.54, 1.807) is 16.0 Å². The number of amides is 3. The number of para-hydroxylation sites is 1. The molecule has 296 valence electrons. The van der Waals surface area contributed by atoms with Crippen LogP contribution in [-0.4, -0.2) is 116 Å². The van der Waals surface area contributed by atoms with Gasteiger partial charge in [0.15, 0.2) is 17.4 Å². The summed E-state index contributed by atoms with van der Waals surface area (Å²) in [5.41, 5.74) is 2.95. The van der Waals surface area contributed by atoms with Crippen LogP contribution in [0.15, 0.2) is 48.7 Å². The first-order valence-electron chi connectivity index (χ1n) is 18.9. The quantitative estimate of drug-likeness (QED) is 0.223. The van der Waals surface area contributed by atoms with Gasteiger partial charge in [-0.2, -0.15) is 0 Å². The van der Waals surface area contributed by atoms with Gasteiger partial charge in [0.05, 0.1) is 17.9 Å². The third kappa shape index (κ3) is 6.50. The number of carbonyl (C=O) groups excluding carboxylic acids is 3. The van der Waals surface area contributed by atoms with E-state index in [9.17, 15) is 32.7 Å². The van der Waals surface area contributed by atoms with E-state index in [0.29, 0.717) is 42.3 Å². The Morgan fingerprint density at radius 1 is 1.05 bits per heavy atom. The maximum Gasteiger partial charge on any atom is 0.316 e. The number of nitrogens with one attached hydrogen (secondary N) is 2. The summed E-state index contributed by atoms with van der Waals surface area (Å²) in [6.45, 7) is 5.73. The van der Waals surface area contributed by atoms with E-state index in [-0.39, 0.29) is 55.0 Å². The van der Waals surface area contributed by atoms with Crippen LogP contribution in [0.2, 0.25) is 0 Å². The third-order valence-corrected chi connectivity index (χ3v) is 11.8. The Kier molecular flexibility index (Phi) is 9.09. The van der Waals surface area contributed by atoms with Crippen molar-refractivity contribution in [2.24, 2.45) is 0 Å². The number of fused-ring (bicyclic) bond motifs is 4. The maximum atomic E-state index is 14.9. The standard InChI is InChI=1S/C39H39F3N10O5/c1-21-23(17-49-9-11-50(12-10-49)24-6-5-22-18-51(36(56)27(22)13-24)30-7-8-32(53)46-35(30)55)16-43-38(45-21)57-25-15-39(37(41)42)20-44-34-31(52(39)19-25)14-29(47-48-34)26-3-2-4-28(40)33(26)54/h2-6,13-14,16,25,30,37,54H,7-12,15,17-20H2,1H3,(H,44,48)(H,46,53,55)/t25-,30?,39+/m1/s1. The molecular formula is C39H39F3N10O5. The first-order valence-corrected chi connectivity index (χ1v) is 18.9. The van der Waals surface area contributed by atoms with Crippen LogP contribution in [0.25, 0.3) is 11.3 Å². The Bertz CT molecular complexity index is 2290. The predicted molar refractivity (Wildman–Crippen MR) is 199 cm³/mol. The van der Waals surface area contributed by atoms with E-state index in [1.165, 1.54) is 18.2 Å². The SMILES string of the molecule is Cc1nc(O[C@H]2CN3c4cc(-c5cccc(F)c5O)nnc4NC[C@]3(C(F)F)C2)ncc1CN1CCN(c2ccc3c(c2)C(=O)N(C2CCC(=O)NC2=O)C3)CC1. The molecule has 7 heterocycles. The van der Waals surface area contributed by atoms with Crippen molar-refractivity contribution in [1.29, 1.82) is 0 Å². The fourth-order valence-corrected chi connectivity index (χ4v) is 8.60. The van der Waals surface area contributed by atoms with Crippen molar-refractivity contribution in [3.63, 3.8) is 0 Å². The summed E-state index contributed by atoms with van der Waals surface area (Å²) >= 11 is 0. The molecule has 5 aliphatic heterocycles. The topological polar surface area (TPSA) is 169 Å². The van der Waals surface area contributed by atoms with Crippen molar-refractivity contribution >= 4 is 34.9 Å². The van der Waals surface area contributed by atoms with E-state index in [2.05, 4.69) is 40.6 Å². The monoisotopic (exact) mass is 784 g/mol. The molecule has 1 unspecified atom stereocenters. The Hall–Kier alpha value is -6.04. The highest BCUT2D eigenvalue weighted by atomic mass is 19.3.